The lowest BCUT2D eigenvalue weighted by Gasteiger charge is -2.10. The summed E-state index contributed by atoms with van der Waals surface area (Å²) < 4.78 is 49.1. The number of imide groups is 1. The van der Waals surface area contributed by atoms with Gasteiger partial charge in [-0.25, -0.2) is 31.1 Å². The van der Waals surface area contributed by atoms with Crippen molar-refractivity contribution in [2.24, 2.45) is 0 Å². The Morgan fingerprint density at radius 2 is 1.63 bits per heavy atom. The smallest absolute Gasteiger partial charge is 0.326 e. The number of carbonyl (C=O) groups is 3. The fourth-order valence-corrected chi connectivity index (χ4v) is 2.81. The molecule has 0 bridgehead atoms. The first-order valence-electron chi connectivity index (χ1n) is 7.70. The zero-order valence-electron chi connectivity index (χ0n) is 14.8. The van der Waals surface area contributed by atoms with Crippen LogP contribution in [0.2, 0.25) is 0 Å². The highest BCUT2D eigenvalue weighted by molar-refractivity contribution is 7.89. The second kappa shape index (κ2) is 9.73. The van der Waals surface area contributed by atoms with Gasteiger partial charge in [-0.1, -0.05) is 17.7 Å². The molecule has 0 aliphatic carbocycles. The molecule has 13 heteroatoms. The number of nitrogens with zero attached hydrogens (tertiary/aromatic N) is 1. The van der Waals surface area contributed by atoms with Crippen LogP contribution in [-0.2, 0) is 39.3 Å². The number of hydroxylamine groups is 2. The Morgan fingerprint density at radius 3 is 2.15 bits per heavy atom. The molecule has 1 aliphatic heterocycles. The van der Waals surface area contributed by atoms with Crippen LogP contribution in [0.4, 0.5) is 0 Å². The number of sulfonamides is 2. The van der Waals surface area contributed by atoms with Gasteiger partial charge in [0.05, 0.1) is 12.5 Å². The Labute approximate surface area is 157 Å². The molecule has 0 atom stereocenters. The first-order valence-corrected chi connectivity index (χ1v) is 11.5. The van der Waals surface area contributed by atoms with E-state index in [0.29, 0.717) is 10.6 Å². The molecule has 0 spiro atoms. The van der Waals surface area contributed by atoms with E-state index < -0.39 is 37.8 Å². The summed E-state index contributed by atoms with van der Waals surface area (Å²) in [6, 6.07) is 0. The molecule has 152 valence electrons. The summed E-state index contributed by atoms with van der Waals surface area (Å²) in [7, 11) is -6.87. The van der Waals surface area contributed by atoms with Crippen LogP contribution >= 0.6 is 0 Å². The van der Waals surface area contributed by atoms with Gasteiger partial charge in [0.15, 0.2) is 0 Å². The molecule has 1 fully saturated rings. The lowest BCUT2D eigenvalue weighted by atomic mass is 10.2. The second-order valence-corrected chi connectivity index (χ2v) is 9.35. The van der Waals surface area contributed by atoms with Crippen molar-refractivity contribution in [1.29, 1.82) is 0 Å². The third-order valence-corrected chi connectivity index (χ3v) is 4.52. The van der Waals surface area contributed by atoms with Crippen LogP contribution in [0, 0.1) is 0 Å². The summed E-state index contributed by atoms with van der Waals surface area (Å²) in [6.07, 6.45) is 5.68. The maximum absolute atomic E-state index is 11.6. The topological polar surface area (TPSA) is 156 Å². The average Bonchev–Trinajstić information content (AvgIpc) is 2.82. The van der Waals surface area contributed by atoms with Gasteiger partial charge in [-0.05, 0) is 6.42 Å². The van der Waals surface area contributed by atoms with Gasteiger partial charge in [0.2, 0.25) is 20.0 Å². The molecule has 0 aromatic heterocycles. The quantitative estimate of drug-likeness (QED) is 0.246. The standard InChI is InChI=1S/C14H21N3O8S2/c1-26(21,22)15-9-8-11(10-16-27(2,23)24)4-3-5-14(20)25-17-12(18)6-7-13(17)19/h3-5,15-16H,6-10H2,1-2H3/b5-3+,11-4+. The first kappa shape index (κ1) is 23.0. The number of hydrogen-bond acceptors (Lipinski definition) is 8. The lowest BCUT2D eigenvalue weighted by molar-refractivity contribution is -0.193. The SMILES string of the molecule is CS(=O)(=O)NCC/C(=C\C=C\C(=O)ON1C(=O)CCC1=O)CNS(C)(=O)=O. The van der Waals surface area contributed by atoms with Gasteiger partial charge in [-0.15, -0.1) is 5.06 Å². The van der Waals surface area contributed by atoms with Crippen LogP contribution in [0.5, 0.6) is 0 Å². The molecule has 0 saturated carbocycles. The summed E-state index contributed by atoms with van der Waals surface area (Å²) >= 11 is 0. The molecule has 1 rings (SSSR count). The van der Waals surface area contributed by atoms with Gasteiger partial charge < -0.3 is 4.84 Å². The molecule has 2 N–H and O–H groups in total. The van der Waals surface area contributed by atoms with Crippen LogP contribution in [0.15, 0.2) is 23.8 Å². The Bertz CT molecular complexity index is 843. The second-order valence-electron chi connectivity index (χ2n) is 5.69. The minimum absolute atomic E-state index is 0.0234. The van der Waals surface area contributed by atoms with Crippen molar-refractivity contribution in [3.63, 3.8) is 0 Å². The third-order valence-electron chi connectivity index (χ3n) is 3.12. The average molecular weight is 423 g/mol. The molecule has 0 aromatic rings. The predicted octanol–water partition coefficient (Wildman–Crippen LogP) is -1.44. The van der Waals surface area contributed by atoms with Crippen LogP contribution in [-0.4, -0.2) is 65.3 Å². The minimum Gasteiger partial charge on any atom is -0.326 e. The van der Waals surface area contributed by atoms with Crippen LogP contribution in [0.1, 0.15) is 19.3 Å². The van der Waals surface area contributed by atoms with Crippen LogP contribution < -0.4 is 9.44 Å². The molecule has 1 heterocycles. The largest absolute Gasteiger partial charge is 0.356 e. The molecule has 2 amide bonds. The van der Waals surface area contributed by atoms with Gasteiger partial charge in [0.25, 0.3) is 11.8 Å². The summed E-state index contributed by atoms with van der Waals surface area (Å²) in [5.74, 6) is -2.18. The van der Waals surface area contributed by atoms with Crippen molar-refractivity contribution in [2.45, 2.75) is 19.3 Å². The highest BCUT2D eigenvalue weighted by Gasteiger charge is 2.32. The molecular weight excluding hydrogens is 402 g/mol. The van der Waals surface area contributed by atoms with Gasteiger partial charge in [-0.2, -0.15) is 0 Å². The fraction of sp³-hybridized carbons (Fsp3) is 0.500. The molecule has 11 nitrogen and oxygen atoms in total. The van der Waals surface area contributed by atoms with Crippen LogP contribution in [0.3, 0.4) is 0 Å². The van der Waals surface area contributed by atoms with E-state index in [0.717, 1.165) is 18.6 Å². The summed E-state index contributed by atoms with van der Waals surface area (Å²) in [4.78, 5) is 39.0. The molecule has 27 heavy (non-hydrogen) atoms. The Hall–Kier alpha value is -2.09. The number of allylic oxidation sites excluding steroid dienone is 2. The predicted molar refractivity (Wildman–Crippen MR) is 94.7 cm³/mol. The van der Waals surface area contributed by atoms with Crippen molar-refractivity contribution in [1.82, 2.24) is 14.5 Å². The van der Waals surface area contributed by atoms with Crippen molar-refractivity contribution >= 4 is 37.8 Å². The molecule has 1 aliphatic rings. The number of rotatable bonds is 10. The Balaban J connectivity index is 2.69. The van der Waals surface area contributed by atoms with Gasteiger partial charge in [0.1, 0.15) is 0 Å². The third kappa shape index (κ3) is 9.98. The van der Waals surface area contributed by atoms with E-state index in [1.54, 1.807) is 0 Å². The normalized spacial score (nSPS) is 16.4. The Kier molecular flexibility index (Phi) is 8.27. The zero-order valence-corrected chi connectivity index (χ0v) is 16.4. The fourth-order valence-electron chi connectivity index (χ4n) is 1.89. The van der Waals surface area contributed by atoms with Crippen molar-refractivity contribution in [3.05, 3.63) is 23.8 Å². The van der Waals surface area contributed by atoms with E-state index in [-0.39, 0.29) is 32.4 Å². The maximum Gasteiger partial charge on any atom is 0.356 e. The maximum atomic E-state index is 11.6. The summed E-state index contributed by atoms with van der Waals surface area (Å²) in [5.41, 5.74) is 0.481. The first-order chi connectivity index (χ1) is 12.4. The number of amides is 2. The monoisotopic (exact) mass is 423 g/mol. The van der Waals surface area contributed by atoms with Gasteiger partial charge in [0, 0.05) is 32.0 Å². The summed E-state index contributed by atoms with van der Waals surface area (Å²) in [6.45, 7) is -0.0576. The van der Waals surface area contributed by atoms with E-state index >= 15 is 0 Å². The van der Waals surface area contributed by atoms with Gasteiger partial charge in [-0.3, -0.25) is 9.59 Å². The highest BCUT2D eigenvalue weighted by Crippen LogP contribution is 2.12. The molecule has 0 radical (unpaired) electrons. The number of carbonyl (C=O) groups excluding carboxylic acids is 3. The van der Waals surface area contributed by atoms with E-state index in [1.807, 2.05) is 0 Å². The molecule has 1 saturated heterocycles. The molecule has 0 aromatic carbocycles. The summed E-state index contributed by atoms with van der Waals surface area (Å²) in [5, 5.41) is 0.401. The zero-order chi connectivity index (χ0) is 20.7. The van der Waals surface area contributed by atoms with E-state index in [4.69, 9.17) is 0 Å². The highest BCUT2D eigenvalue weighted by atomic mass is 32.2. The van der Waals surface area contributed by atoms with E-state index in [1.165, 1.54) is 12.2 Å². The van der Waals surface area contributed by atoms with Gasteiger partial charge >= 0.3 is 5.97 Å². The number of nitrogens with one attached hydrogen (secondary N) is 2. The minimum atomic E-state index is -3.47. The van der Waals surface area contributed by atoms with E-state index in [9.17, 15) is 31.2 Å². The van der Waals surface area contributed by atoms with Crippen LogP contribution in [0.25, 0.3) is 0 Å². The lowest BCUT2D eigenvalue weighted by Crippen LogP contribution is -2.31. The molecule has 0 unspecified atom stereocenters. The van der Waals surface area contributed by atoms with Crippen molar-refractivity contribution in [3.8, 4) is 0 Å². The van der Waals surface area contributed by atoms with E-state index in [2.05, 4.69) is 14.3 Å². The van der Waals surface area contributed by atoms with Crippen molar-refractivity contribution < 1.29 is 36.1 Å². The molecular formula is C14H21N3O8S2. The Morgan fingerprint density at radius 1 is 1.07 bits per heavy atom. The van der Waals surface area contributed by atoms with Crippen molar-refractivity contribution in [2.75, 3.05) is 25.6 Å². The number of hydrogen-bond donors (Lipinski definition) is 2.